The number of nitrogen functional groups attached to an aromatic ring is 1. The molecule has 0 heterocycles. The minimum Gasteiger partial charge on any atom is -0.492 e. The minimum absolute atomic E-state index is 0.0285. The molecule has 5 nitrogen and oxygen atoms in total. The molecule has 0 aliphatic heterocycles. The van der Waals surface area contributed by atoms with Crippen molar-refractivity contribution in [1.82, 2.24) is 5.32 Å². The Morgan fingerprint density at radius 2 is 2.20 bits per heavy atom. The van der Waals surface area contributed by atoms with Crippen LogP contribution < -0.4 is 15.8 Å². The van der Waals surface area contributed by atoms with Crippen LogP contribution in [-0.4, -0.2) is 34.8 Å². The number of ether oxygens (including phenoxy) is 1. The summed E-state index contributed by atoms with van der Waals surface area (Å²) < 4.78 is 16.3. The molecule has 3 N–H and O–H groups in total. The van der Waals surface area contributed by atoms with E-state index in [2.05, 4.69) is 5.32 Å². The van der Waals surface area contributed by atoms with Crippen LogP contribution in [0.25, 0.3) is 0 Å². The normalized spacial score (nSPS) is 13.6. The number of hydrogen-bond acceptors (Lipinski definition) is 4. The third-order valence-electron chi connectivity index (χ3n) is 2.79. The van der Waals surface area contributed by atoms with E-state index in [1.54, 1.807) is 24.5 Å². The van der Waals surface area contributed by atoms with E-state index in [4.69, 9.17) is 10.5 Å². The lowest BCUT2D eigenvalue weighted by Gasteiger charge is -2.14. The van der Waals surface area contributed by atoms with Crippen molar-refractivity contribution in [2.24, 2.45) is 0 Å². The van der Waals surface area contributed by atoms with Crippen LogP contribution >= 0.6 is 0 Å². The second-order valence-corrected chi connectivity index (χ2v) is 6.18. The van der Waals surface area contributed by atoms with Crippen LogP contribution in [0.15, 0.2) is 18.2 Å². The van der Waals surface area contributed by atoms with Gasteiger partial charge in [-0.15, -0.1) is 0 Å². The summed E-state index contributed by atoms with van der Waals surface area (Å²) in [5.74, 6) is 0.972. The molecule has 6 heteroatoms. The maximum atomic E-state index is 12.0. The van der Waals surface area contributed by atoms with E-state index >= 15 is 0 Å². The molecule has 0 aliphatic rings. The highest BCUT2D eigenvalue weighted by atomic mass is 32.2. The number of nitrogens with two attached hydrogens (primary N) is 1. The second-order valence-electron chi connectivity index (χ2n) is 4.63. The Bertz CT molecular complexity index is 491. The van der Waals surface area contributed by atoms with Crippen LogP contribution in [0, 0.1) is 0 Å². The molecule has 112 valence electrons. The van der Waals surface area contributed by atoms with Crippen molar-refractivity contribution in [3.8, 4) is 5.75 Å². The summed E-state index contributed by atoms with van der Waals surface area (Å²) in [6.45, 7) is 4.29. The first-order valence-electron chi connectivity index (χ1n) is 6.57. The summed E-state index contributed by atoms with van der Waals surface area (Å²) in [7, 11) is -0.842. The number of rotatable bonds is 7. The van der Waals surface area contributed by atoms with E-state index in [0.717, 1.165) is 0 Å². The molecule has 0 radical (unpaired) electrons. The summed E-state index contributed by atoms with van der Waals surface area (Å²) in [4.78, 5) is 12.0. The van der Waals surface area contributed by atoms with Crippen molar-refractivity contribution in [2.75, 3.05) is 24.3 Å². The van der Waals surface area contributed by atoms with Gasteiger partial charge in [0.05, 0.1) is 12.3 Å². The van der Waals surface area contributed by atoms with Crippen molar-refractivity contribution in [1.29, 1.82) is 0 Å². The van der Waals surface area contributed by atoms with Gasteiger partial charge in [-0.2, -0.15) is 0 Å². The maximum absolute atomic E-state index is 12.0. The Labute approximate surface area is 122 Å². The summed E-state index contributed by atoms with van der Waals surface area (Å²) in [5.41, 5.74) is 6.77. The Morgan fingerprint density at radius 1 is 1.50 bits per heavy atom. The topological polar surface area (TPSA) is 81.4 Å². The first kappa shape index (κ1) is 16.5. The number of nitrogens with one attached hydrogen (secondary N) is 1. The molecule has 20 heavy (non-hydrogen) atoms. The van der Waals surface area contributed by atoms with Gasteiger partial charge in [-0.05, 0) is 38.5 Å². The maximum Gasteiger partial charge on any atom is 0.251 e. The van der Waals surface area contributed by atoms with Gasteiger partial charge in [0.2, 0.25) is 0 Å². The van der Waals surface area contributed by atoms with Crippen LogP contribution in [0.5, 0.6) is 5.75 Å². The molecule has 1 rings (SSSR count). The molecule has 0 aromatic heterocycles. The van der Waals surface area contributed by atoms with Gasteiger partial charge >= 0.3 is 0 Å². The van der Waals surface area contributed by atoms with E-state index < -0.39 is 10.8 Å². The molecule has 0 saturated heterocycles. The minimum atomic E-state index is -0.842. The smallest absolute Gasteiger partial charge is 0.251 e. The number of hydrogen-bond donors (Lipinski definition) is 2. The molecular weight excluding hydrogens is 276 g/mol. The van der Waals surface area contributed by atoms with Gasteiger partial charge in [-0.1, -0.05) is 0 Å². The van der Waals surface area contributed by atoms with Gasteiger partial charge in [-0.3, -0.25) is 9.00 Å². The van der Waals surface area contributed by atoms with E-state index in [9.17, 15) is 9.00 Å². The average Bonchev–Trinajstić information content (AvgIpc) is 2.39. The third-order valence-corrected chi connectivity index (χ3v) is 3.60. The Balaban J connectivity index is 2.63. The summed E-state index contributed by atoms with van der Waals surface area (Å²) in [6, 6.07) is 4.95. The molecular formula is C14H22N2O3S. The van der Waals surface area contributed by atoms with Crippen molar-refractivity contribution >= 4 is 22.4 Å². The lowest BCUT2D eigenvalue weighted by molar-refractivity contribution is 0.0939. The van der Waals surface area contributed by atoms with Crippen molar-refractivity contribution in [2.45, 2.75) is 26.3 Å². The fourth-order valence-electron chi connectivity index (χ4n) is 1.70. The Kier molecular flexibility index (Phi) is 6.51. The fourth-order valence-corrected chi connectivity index (χ4v) is 2.38. The zero-order valence-corrected chi connectivity index (χ0v) is 13.0. The molecule has 0 spiro atoms. The monoisotopic (exact) mass is 298 g/mol. The lowest BCUT2D eigenvalue weighted by Crippen LogP contribution is -2.33. The summed E-state index contributed by atoms with van der Waals surface area (Å²) in [5, 5.41) is 2.86. The van der Waals surface area contributed by atoms with Crippen LogP contribution in [-0.2, 0) is 10.8 Å². The molecule has 2 unspecified atom stereocenters. The largest absolute Gasteiger partial charge is 0.492 e. The zero-order chi connectivity index (χ0) is 15.1. The van der Waals surface area contributed by atoms with Gasteiger partial charge in [0.15, 0.2) is 0 Å². The van der Waals surface area contributed by atoms with E-state index in [0.29, 0.717) is 35.8 Å². The number of carbonyl (C=O) groups is 1. The van der Waals surface area contributed by atoms with Crippen LogP contribution in [0.4, 0.5) is 5.69 Å². The molecule has 0 fully saturated rings. The quantitative estimate of drug-likeness (QED) is 0.748. The molecule has 2 atom stereocenters. The Hall–Kier alpha value is -1.56. The molecule has 1 aromatic rings. The fraction of sp³-hybridized carbons (Fsp3) is 0.500. The van der Waals surface area contributed by atoms with E-state index in [-0.39, 0.29) is 11.9 Å². The SMILES string of the molecule is CCOc1ccc(C(=O)NC(C)CCS(C)=O)cc1N. The van der Waals surface area contributed by atoms with E-state index in [1.165, 1.54) is 0 Å². The average molecular weight is 298 g/mol. The highest BCUT2D eigenvalue weighted by Gasteiger charge is 2.12. The van der Waals surface area contributed by atoms with Gasteiger partial charge in [0.1, 0.15) is 5.75 Å². The highest BCUT2D eigenvalue weighted by molar-refractivity contribution is 7.84. The standard InChI is InChI=1S/C14H22N2O3S/c1-4-19-13-6-5-11(9-12(13)15)14(17)16-10(2)7-8-20(3)18/h5-6,9-10H,4,7-8,15H2,1-3H3,(H,16,17). The van der Waals surface area contributed by atoms with Crippen LogP contribution in [0.3, 0.4) is 0 Å². The molecule has 0 saturated carbocycles. The predicted octanol–water partition coefficient (Wildman–Crippen LogP) is 1.55. The Morgan fingerprint density at radius 3 is 2.75 bits per heavy atom. The van der Waals surface area contributed by atoms with Gasteiger partial charge < -0.3 is 15.8 Å². The first-order valence-corrected chi connectivity index (χ1v) is 8.30. The molecule has 0 bridgehead atoms. The van der Waals surface area contributed by atoms with Crippen LogP contribution in [0.1, 0.15) is 30.6 Å². The van der Waals surface area contributed by atoms with Gasteiger partial charge in [0, 0.05) is 34.4 Å². The third kappa shape index (κ3) is 5.21. The molecule has 1 aromatic carbocycles. The van der Waals surface area contributed by atoms with Gasteiger partial charge in [-0.25, -0.2) is 0 Å². The first-order chi connectivity index (χ1) is 9.43. The molecule has 0 aliphatic carbocycles. The van der Waals surface area contributed by atoms with Gasteiger partial charge in [0.25, 0.3) is 5.91 Å². The number of anilines is 1. The highest BCUT2D eigenvalue weighted by Crippen LogP contribution is 2.22. The number of benzene rings is 1. The van der Waals surface area contributed by atoms with Crippen LogP contribution in [0.2, 0.25) is 0 Å². The summed E-state index contributed by atoms with van der Waals surface area (Å²) >= 11 is 0. The predicted molar refractivity (Wildman–Crippen MR) is 82.5 cm³/mol. The van der Waals surface area contributed by atoms with Crippen molar-refractivity contribution < 1.29 is 13.7 Å². The zero-order valence-electron chi connectivity index (χ0n) is 12.1. The van der Waals surface area contributed by atoms with E-state index in [1.807, 2.05) is 13.8 Å². The second kappa shape index (κ2) is 7.89. The number of carbonyl (C=O) groups excluding carboxylic acids is 1. The van der Waals surface area contributed by atoms with Crippen molar-refractivity contribution in [3.05, 3.63) is 23.8 Å². The molecule has 1 amide bonds. The summed E-state index contributed by atoms with van der Waals surface area (Å²) in [6.07, 6.45) is 2.34. The van der Waals surface area contributed by atoms with Crippen molar-refractivity contribution in [3.63, 3.8) is 0 Å². The lowest BCUT2D eigenvalue weighted by atomic mass is 10.1. The number of amides is 1.